The molecular formula is C16H16N4OS. The Morgan fingerprint density at radius 1 is 0.909 bits per heavy atom. The van der Waals surface area contributed by atoms with Gasteiger partial charge in [-0.1, -0.05) is 6.07 Å². The van der Waals surface area contributed by atoms with Crippen molar-refractivity contribution in [3.63, 3.8) is 0 Å². The summed E-state index contributed by atoms with van der Waals surface area (Å²) in [4.78, 5) is 16.7. The van der Waals surface area contributed by atoms with Gasteiger partial charge in [-0.2, -0.15) is 0 Å². The Labute approximate surface area is 132 Å². The van der Waals surface area contributed by atoms with Crippen molar-refractivity contribution in [2.75, 3.05) is 10.6 Å². The monoisotopic (exact) mass is 312 g/mol. The largest absolute Gasteiger partial charge is 0.332 e. The molecule has 5 nitrogen and oxygen atoms in total. The van der Waals surface area contributed by atoms with E-state index in [0.29, 0.717) is 5.11 Å². The molecule has 1 aromatic heterocycles. The number of benzene rings is 2. The van der Waals surface area contributed by atoms with Gasteiger partial charge in [-0.3, -0.25) is 0 Å². The molecule has 22 heavy (non-hydrogen) atoms. The van der Waals surface area contributed by atoms with Crippen LogP contribution in [0.2, 0.25) is 0 Å². The molecule has 0 spiro atoms. The minimum Gasteiger partial charge on any atom is -0.332 e. The Morgan fingerprint density at radius 3 is 2.27 bits per heavy atom. The van der Waals surface area contributed by atoms with Crippen molar-refractivity contribution >= 4 is 39.7 Å². The summed E-state index contributed by atoms with van der Waals surface area (Å²) in [6, 6.07) is 11.7. The highest BCUT2D eigenvalue weighted by Gasteiger charge is 2.03. The molecule has 0 aliphatic rings. The predicted octanol–water partition coefficient (Wildman–Crippen LogP) is 3.28. The van der Waals surface area contributed by atoms with Crippen molar-refractivity contribution in [1.82, 2.24) is 9.97 Å². The number of aromatic nitrogens is 2. The fourth-order valence-electron chi connectivity index (χ4n) is 2.45. The maximum absolute atomic E-state index is 11.3. The number of anilines is 2. The van der Waals surface area contributed by atoms with E-state index in [0.717, 1.165) is 22.4 Å². The molecule has 112 valence electrons. The van der Waals surface area contributed by atoms with Crippen LogP contribution in [0.4, 0.5) is 11.4 Å². The van der Waals surface area contributed by atoms with Crippen LogP contribution in [-0.4, -0.2) is 15.1 Å². The lowest BCUT2D eigenvalue weighted by Gasteiger charge is -2.12. The van der Waals surface area contributed by atoms with Gasteiger partial charge in [0.1, 0.15) is 0 Å². The summed E-state index contributed by atoms with van der Waals surface area (Å²) in [6.45, 7) is 4.09. The van der Waals surface area contributed by atoms with E-state index in [-0.39, 0.29) is 5.69 Å². The second kappa shape index (κ2) is 5.65. The van der Waals surface area contributed by atoms with Crippen LogP contribution in [0.1, 0.15) is 11.1 Å². The molecule has 1 heterocycles. The fraction of sp³-hybridized carbons (Fsp3) is 0.125. The van der Waals surface area contributed by atoms with Crippen LogP contribution in [0.5, 0.6) is 0 Å². The molecule has 3 rings (SSSR count). The average molecular weight is 312 g/mol. The average Bonchev–Trinajstić information content (AvgIpc) is 2.76. The molecule has 3 aromatic rings. The Kier molecular flexibility index (Phi) is 3.68. The van der Waals surface area contributed by atoms with Gasteiger partial charge in [-0.25, -0.2) is 4.79 Å². The van der Waals surface area contributed by atoms with Crippen molar-refractivity contribution in [3.8, 4) is 0 Å². The van der Waals surface area contributed by atoms with Gasteiger partial charge < -0.3 is 20.6 Å². The third kappa shape index (κ3) is 3.17. The Bertz CT molecular complexity index is 890. The summed E-state index contributed by atoms with van der Waals surface area (Å²) in [5, 5.41) is 6.78. The van der Waals surface area contributed by atoms with Gasteiger partial charge in [-0.15, -0.1) is 0 Å². The first kappa shape index (κ1) is 14.3. The molecule has 0 aliphatic heterocycles. The number of thiocarbonyl (C=S) groups is 1. The predicted molar refractivity (Wildman–Crippen MR) is 94.7 cm³/mol. The molecule has 0 fully saturated rings. The number of aryl methyl sites for hydroxylation is 2. The number of rotatable bonds is 2. The number of aromatic amines is 2. The van der Waals surface area contributed by atoms with Gasteiger partial charge in [0, 0.05) is 11.4 Å². The van der Waals surface area contributed by atoms with Crippen LogP contribution < -0.4 is 16.3 Å². The van der Waals surface area contributed by atoms with Crippen LogP contribution in [0, 0.1) is 13.8 Å². The minimum absolute atomic E-state index is 0.219. The Morgan fingerprint density at radius 2 is 1.55 bits per heavy atom. The summed E-state index contributed by atoms with van der Waals surface area (Å²) in [7, 11) is 0. The van der Waals surface area contributed by atoms with Gasteiger partial charge in [0.2, 0.25) is 0 Å². The topological polar surface area (TPSA) is 72.7 Å². The smallest absolute Gasteiger partial charge is 0.323 e. The van der Waals surface area contributed by atoms with Gasteiger partial charge in [0.05, 0.1) is 11.0 Å². The first-order valence-electron chi connectivity index (χ1n) is 6.88. The summed E-state index contributed by atoms with van der Waals surface area (Å²) in [6.07, 6.45) is 0. The quantitative estimate of drug-likeness (QED) is 0.548. The minimum atomic E-state index is -0.219. The van der Waals surface area contributed by atoms with E-state index in [1.807, 2.05) is 44.2 Å². The molecule has 0 saturated carbocycles. The molecule has 6 heteroatoms. The zero-order valence-corrected chi connectivity index (χ0v) is 13.1. The summed E-state index contributed by atoms with van der Waals surface area (Å²) in [5.41, 5.74) is 5.40. The molecule has 2 aromatic carbocycles. The number of H-pyrrole nitrogens is 2. The number of hydrogen-bond acceptors (Lipinski definition) is 2. The maximum Gasteiger partial charge on any atom is 0.323 e. The van der Waals surface area contributed by atoms with Crippen LogP contribution in [-0.2, 0) is 0 Å². The van der Waals surface area contributed by atoms with E-state index < -0.39 is 0 Å². The summed E-state index contributed by atoms with van der Waals surface area (Å²) in [5.74, 6) is 0. The zero-order valence-electron chi connectivity index (χ0n) is 12.3. The van der Waals surface area contributed by atoms with Crippen molar-refractivity contribution in [3.05, 3.63) is 58.0 Å². The normalized spacial score (nSPS) is 10.6. The third-order valence-electron chi connectivity index (χ3n) is 3.25. The molecule has 0 saturated heterocycles. The molecule has 0 radical (unpaired) electrons. The van der Waals surface area contributed by atoms with Crippen LogP contribution in [0.15, 0.2) is 41.2 Å². The van der Waals surface area contributed by atoms with E-state index in [1.54, 1.807) is 0 Å². The first-order chi connectivity index (χ1) is 10.5. The zero-order chi connectivity index (χ0) is 15.7. The van der Waals surface area contributed by atoms with Gasteiger partial charge in [-0.05, 0) is 67.5 Å². The molecule has 0 unspecified atom stereocenters. The van der Waals surface area contributed by atoms with Gasteiger partial charge in [0.25, 0.3) is 0 Å². The Hall–Kier alpha value is -2.60. The third-order valence-corrected chi connectivity index (χ3v) is 3.46. The van der Waals surface area contributed by atoms with E-state index in [2.05, 4.69) is 26.7 Å². The maximum atomic E-state index is 11.3. The first-order valence-corrected chi connectivity index (χ1v) is 7.29. The van der Waals surface area contributed by atoms with Crippen LogP contribution >= 0.6 is 12.2 Å². The van der Waals surface area contributed by atoms with E-state index in [9.17, 15) is 4.79 Å². The lowest BCUT2D eigenvalue weighted by Crippen LogP contribution is -2.19. The standard InChI is InChI=1S/C16H16N4OS/c1-9-5-10(2)7-12(6-9)18-16(22)17-11-3-4-13-14(8-11)20-15(21)19-13/h3-8H,1-2H3,(H2,17,18,22)(H2,19,20,21). The Balaban J connectivity index is 1.76. The number of hydrogen-bond donors (Lipinski definition) is 4. The second-order valence-corrected chi connectivity index (χ2v) is 5.70. The highest BCUT2D eigenvalue weighted by atomic mass is 32.1. The number of nitrogens with one attached hydrogen (secondary N) is 4. The molecule has 4 N–H and O–H groups in total. The van der Waals surface area contributed by atoms with Gasteiger partial charge >= 0.3 is 5.69 Å². The lowest BCUT2D eigenvalue weighted by atomic mass is 10.1. The molecule has 0 aliphatic carbocycles. The van der Waals surface area contributed by atoms with E-state index in [1.165, 1.54) is 11.1 Å². The van der Waals surface area contributed by atoms with E-state index >= 15 is 0 Å². The second-order valence-electron chi connectivity index (χ2n) is 5.29. The van der Waals surface area contributed by atoms with Crippen molar-refractivity contribution in [1.29, 1.82) is 0 Å². The summed E-state index contributed by atoms with van der Waals surface area (Å²) >= 11 is 5.33. The summed E-state index contributed by atoms with van der Waals surface area (Å²) < 4.78 is 0. The van der Waals surface area contributed by atoms with Crippen molar-refractivity contribution in [2.24, 2.45) is 0 Å². The lowest BCUT2D eigenvalue weighted by molar-refractivity contribution is 1.22. The SMILES string of the molecule is Cc1cc(C)cc(NC(=S)Nc2ccc3[nH]c(=O)[nH]c3c2)c1. The highest BCUT2D eigenvalue weighted by molar-refractivity contribution is 7.80. The molecule has 0 amide bonds. The van der Waals surface area contributed by atoms with Crippen molar-refractivity contribution < 1.29 is 0 Å². The molecule has 0 bridgehead atoms. The van der Waals surface area contributed by atoms with Crippen LogP contribution in [0.3, 0.4) is 0 Å². The van der Waals surface area contributed by atoms with Crippen molar-refractivity contribution in [2.45, 2.75) is 13.8 Å². The van der Waals surface area contributed by atoms with Gasteiger partial charge in [0.15, 0.2) is 5.11 Å². The molecule has 0 atom stereocenters. The highest BCUT2D eigenvalue weighted by Crippen LogP contribution is 2.17. The fourth-order valence-corrected chi connectivity index (χ4v) is 2.69. The van der Waals surface area contributed by atoms with Crippen LogP contribution in [0.25, 0.3) is 11.0 Å². The van der Waals surface area contributed by atoms with E-state index in [4.69, 9.17) is 12.2 Å². The number of fused-ring (bicyclic) bond motifs is 1. The number of imidazole rings is 1. The molecular weight excluding hydrogens is 296 g/mol.